The lowest BCUT2D eigenvalue weighted by Crippen LogP contribution is -2.29. The van der Waals surface area contributed by atoms with Gasteiger partial charge in [-0.1, -0.05) is 19.3 Å². The molecule has 1 fully saturated rings. The molecule has 3 aromatic rings. The summed E-state index contributed by atoms with van der Waals surface area (Å²) in [6, 6.07) is 2.17. The number of fused-ring (bicyclic) bond motifs is 3. The van der Waals surface area contributed by atoms with E-state index in [9.17, 15) is 9.59 Å². The van der Waals surface area contributed by atoms with Crippen LogP contribution >= 0.6 is 11.3 Å². The second-order valence-corrected chi connectivity index (χ2v) is 9.15. The van der Waals surface area contributed by atoms with Crippen LogP contribution < -0.4 is 10.9 Å². The summed E-state index contributed by atoms with van der Waals surface area (Å²) in [5.74, 6) is 0.475. The Bertz CT molecular complexity index is 1110. The molecule has 1 amide bonds. The van der Waals surface area contributed by atoms with Crippen LogP contribution in [-0.4, -0.2) is 25.2 Å². The van der Waals surface area contributed by atoms with Crippen LogP contribution in [0.2, 0.25) is 0 Å². The average molecular weight is 412 g/mol. The van der Waals surface area contributed by atoms with Crippen LogP contribution in [0.25, 0.3) is 10.2 Å². The van der Waals surface area contributed by atoms with Gasteiger partial charge in [-0.25, -0.2) is 9.67 Å². The van der Waals surface area contributed by atoms with E-state index in [1.54, 1.807) is 17.5 Å². The largest absolute Gasteiger partial charge is 0.309 e. The molecule has 0 aliphatic heterocycles. The summed E-state index contributed by atoms with van der Waals surface area (Å²) in [7, 11) is 0. The summed E-state index contributed by atoms with van der Waals surface area (Å²) in [4.78, 5) is 32.4. The maximum absolute atomic E-state index is 13.1. The van der Waals surface area contributed by atoms with Gasteiger partial charge in [0, 0.05) is 10.9 Å². The maximum atomic E-state index is 13.1. The molecule has 152 valence electrons. The van der Waals surface area contributed by atoms with E-state index in [-0.39, 0.29) is 18.0 Å². The van der Waals surface area contributed by atoms with Crippen molar-refractivity contribution in [3.63, 3.8) is 0 Å². The van der Waals surface area contributed by atoms with Gasteiger partial charge < -0.3 is 5.32 Å². The monoisotopic (exact) mass is 411 g/mol. The van der Waals surface area contributed by atoms with Crippen LogP contribution in [0.5, 0.6) is 0 Å². The zero-order valence-electron chi connectivity index (χ0n) is 16.4. The smallest absolute Gasteiger partial charge is 0.262 e. The van der Waals surface area contributed by atoms with E-state index in [0.29, 0.717) is 11.9 Å². The first-order valence-corrected chi connectivity index (χ1v) is 11.4. The molecule has 1 saturated carbocycles. The second-order valence-electron chi connectivity index (χ2n) is 8.07. The van der Waals surface area contributed by atoms with Crippen molar-refractivity contribution in [1.82, 2.24) is 19.3 Å². The number of nitrogens with one attached hydrogen (secondary N) is 1. The molecular weight excluding hydrogens is 386 g/mol. The lowest BCUT2D eigenvalue weighted by molar-refractivity contribution is -0.116. The molecule has 0 bridgehead atoms. The Morgan fingerprint density at radius 1 is 1.17 bits per heavy atom. The standard InChI is InChI=1S/C21H25N5O2S/c27-18(24-17-10-11-23-26(17)14-6-4-5-7-14)12-25-13-22-20-19(21(25)28)15-8-2-1-3-9-16(15)29-20/h10-11,13-14H,1-9,12H2,(H,24,27). The Hall–Kier alpha value is -2.48. The fourth-order valence-electron chi connectivity index (χ4n) is 4.66. The number of aromatic nitrogens is 4. The van der Waals surface area contributed by atoms with Crippen LogP contribution in [0.1, 0.15) is 61.4 Å². The average Bonchev–Trinajstić information content (AvgIpc) is 3.42. The van der Waals surface area contributed by atoms with Crippen molar-refractivity contribution < 1.29 is 4.79 Å². The highest BCUT2D eigenvalue weighted by Gasteiger charge is 2.22. The summed E-state index contributed by atoms with van der Waals surface area (Å²) >= 11 is 1.64. The fraction of sp³-hybridized carbons (Fsp3) is 0.524. The van der Waals surface area contributed by atoms with Gasteiger partial charge in [-0.05, 0) is 44.1 Å². The molecule has 0 aromatic carbocycles. The molecule has 3 heterocycles. The fourth-order valence-corrected chi connectivity index (χ4v) is 5.88. The van der Waals surface area contributed by atoms with E-state index in [0.717, 1.165) is 47.9 Å². The molecule has 1 N–H and O–H groups in total. The number of amides is 1. The third-order valence-electron chi connectivity index (χ3n) is 6.11. The molecule has 3 aromatic heterocycles. The number of thiophene rings is 1. The van der Waals surface area contributed by atoms with E-state index in [4.69, 9.17) is 0 Å². The van der Waals surface area contributed by atoms with Gasteiger partial charge in [0.05, 0.1) is 24.0 Å². The minimum Gasteiger partial charge on any atom is -0.309 e. The predicted octanol–water partition coefficient (Wildman–Crippen LogP) is 3.68. The number of hydrogen-bond acceptors (Lipinski definition) is 5. The zero-order chi connectivity index (χ0) is 19.8. The first-order valence-electron chi connectivity index (χ1n) is 10.5. The van der Waals surface area contributed by atoms with Gasteiger partial charge in [0.2, 0.25) is 5.91 Å². The van der Waals surface area contributed by atoms with Crippen molar-refractivity contribution in [2.45, 2.75) is 70.4 Å². The highest BCUT2D eigenvalue weighted by atomic mass is 32.1. The lowest BCUT2D eigenvalue weighted by atomic mass is 10.1. The van der Waals surface area contributed by atoms with Crippen LogP contribution in [0.4, 0.5) is 5.82 Å². The van der Waals surface area contributed by atoms with Crippen LogP contribution in [0.3, 0.4) is 0 Å². The highest BCUT2D eigenvalue weighted by Crippen LogP contribution is 2.33. The summed E-state index contributed by atoms with van der Waals surface area (Å²) < 4.78 is 3.35. The minimum absolute atomic E-state index is 0.0394. The molecule has 7 nitrogen and oxygen atoms in total. The van der Waals surface area contributed by atoms with Crippen molar-refractivity contribution in [3.05, 3.63) is 39.4 Å². The van der Waals surface area contributed by atoms with Gasteiger partial charge in [0.25, 0.3) is 5.56 Å². The maximum Gasteiger partial charge on any atom is 0.262 e. The Kier molecular flexibility index (Phi) is 4.95. The molecule has 0 saturated heterocycles. The van der Waals surface area contributed by atoms with E-state index >= 15 is 0 Å². The van der Waals surface area contributed by atoms with Gasteiger partial charge in [0.15, 0.2) is 0 Å². The van der Waals surface area contributed by atoms with E-state index in [1.165, 1.54) is 41.5 Å². The van der Waals surface area contributed by atoms with Gasteiger partial charge >= 0.3 is 0 Å². The minimum atomic E-state index is -0.227. The Balaban J connectivity index is 1.39. The summed E-state index contributed by atoms with van der Waals surface area (Å²) in [5, 5.41) is 8.04. The molecular formula is C21H25N5O2S. The van der Waals surface area contributed by atoms with E-state index in [1.807, 2.05) is 10.7 Å². The number of aryl methyl sites for hydroxylation is 2. The molecule has 0 atom stereocenters. The van der Waals surface area contributed by atoms with Gasteiger partial charge in [-0.3, -0.25) is 14.2 Å². The molecule has 8 heteroatoms. The third-order valence-corrected chi connectivity index (χ3v) is 7.31. The number of carbonyl (C=O) groups excluding carboxylic acids is 1. The Morgan fingerprint density at radius 3 is 2.86 bits per heavy atom. The number of hydrogen-bond donors (Lipinski definition) is 1. The quantitative estimate of drug-likeness (QED) is 0.664. The zero-order valence-corrected chi connectivity index (χ0v) is 17.2. The van der Waals surface area contributed by atoms with Gasteiger partial charge in [0.1, 0.15) is 17.2 Å². The number of nitrogens with zero attached hydrogens (tertiary/aromatic N) is 4. The highest BCUT2D eigenvalue weighted by molar-refractivity contribution is 7.18. The summed E-state index contributed by atoms with van der Waals surface area (Å²) in [5.41, 5.74) is 1.06. The molecule has 2 aliphatic rings. The molecule has 29 heavy (non-hydrogen) atoms. The van der Waals surface area contributed by atoms with Crippen molar-refractivity contribution in [1.29, 1.82) is 0 Å². The summed E-state index contributed by atoms with van der Waals surface area (Å²) in [6.07, 6.45) is 13.3. The molecule has 2 aliphatic carbocycles. The third kappa shape index (κ3) is 3.50. The molecule has 5 rings (SSSR count). The Morgan fingerprint density at radius 2 is 2.00 bits per heavy atom. The van der Waals surface area contributed by atoms with Crippen molar-refractivity contribution in [2.24, 2.45) is 0 Å². The molecule has 0 radical (unpaired) electrons. The number of anilines is 1. The second kappa shape index (κ2) is 7.74. The van der Waals surface area contributed by atoms with Gasteiger partial charge in [-0.2, -0.15) is 5.10 Å². The first kappa shape index (κ1) is 18.5. The summed E-state index contributed by atoms with van der Waals surface area (Å²) in [6.45, 7) is -0.0394. The van der Waals surface area contributed by atoms with E-state index < -0.39 is 0 Å². The van der Waals surface area contributed by atoms with E-state index in [2.05, 4.69) is 15.4 Å². The molecule has 0 unspecified atom stereocenters. The SMILES string of the molecule is O=C(Cn1cnc2sc3c(c2c1=O)CCCCC3)Nc1ccnn1C1CCCC1. The lowest BCUT2D eigenvalue weighted by Gasteiger charge is -2.15. The van der Waals surface area contributed by atoms with Crippen molar-refractivity contribution in [2.75, 3.05) is 5.32 Å². The Labute approximate surface area is 172 Å². The number of rotatable bonds is 4. The number of carbonyl (C=O) groups is 1. The predicted molar refractivity (Wildman–Crippen MR) is 114 cm³/mol. The first-order chi connectivity index (χ1) is 14.2. The molecule has 0 spiro atoms. The normalized spacial score (nSPS) is 17.4. The topological polar surface area (TPSA) is 81.8 Å². The van der Waals surface area contributed by atoms with Crippen molar-refractivity contribution in [3.8, 4) is 0 Å². The van der Waals surface area contributed by atoms with Crippen LogP contribution in [-0.2, 0) is 24.2 Å². The van der Waals surface area contributed by atoms with Gasteiger partial charge in [-0.15, -0.1) is 11.3 Å². The van der Waals surface area contributed by atoms with Crippen LogP contribution in [0.15, 0.2) is 23.4 Å². The van der Waals surface area contributed by atoms with Crippen molar-refractivity contribution >= 4 is 33.3 Å². The van der Waals surface area contributed by atoms with Crippen LogP contribution in [0, 0.1) is 0 Å².